The average molecular weight is 303 g/mol. The largest absolute Gasteiger partial charge is 0.475 e. The zero-order chi connectivity index (χ0) is 15.2. The number of nitrogens with zero attached hydrogens (tertiary/aromatic N) is 1. The van der Waals surface area contributed by atoms with Crippen molar-refractivity contribution in [3.8, 4) is 5.06 Å². The molecule has 1 heterocycles. The molecule has 0 atom stereocenters. The van der Waals surface area contributed by atoms with E-state index in [1.807, 2.05) is 36.4 Å². The highest BCUT2D eigenvalue weighted by Gasteiger charge is 2.21. The van der Waals surface area contributed by atoms with Gasteiger partial charge in [-0.1, -0.05) is 47.7 Å². The highest BCUT2D eigenvalue weighted by atomic mass is 32.1. The van der Waals surface area contributed by atoms with Crippen LogP contribution < -0.4 is 4.74 Å². The van der Waals surface area contributed by atoms with Crippen molar-refractivity contribution >= 4 is 28.9 Å². The van der Waals surface area contributed by atoms with Crippen LogP contribution in [0.2, 0.25) is 0 Å². The highest BCUT2D eigenvalue weighted by Crippen LogP contribution is 2.37. The third-order valence-electron chi connectivity index (χ3n) is 2.64. The van der Waals surface area contributed by atoms with Crippen molar-refractivity contribution in [3.05, 3.63) is 63.0 Å². The van der Waals surface area contributed by atoms with Gasteiger partial charge in [-0.05, 0) is 18.6 Å². The van der Waals surface area contributed by atoms with Gasteiger partial charge in [0.25, 0.3) is 5.06 Å². The van der Waals surface area contributed by atoms with Gasteiger partial charge in [-0.3, -0.25) is 14.9 Å². The van der Waals surface area contributed by atoms with Gasteiger partial charge in [0, 0.05) is 6.07 Å². The van der Waals surface area contributed by atoms with Crippen LogP contribution in [0.25, 0.3) is 6.08 Å². The second-order valence-electron chi connectivity index (χ2n) is 4.22. The molecule has 0 spiro atoms. The van der Waals surface area contributed by atoms with Crippen molar-refractivity contribution in [2.24, 2.45) is 0 Å². The van der Waals surface area contributed by atoms with Crippen LogP contribution in [0.1, 0.15) is 22.2 Å². The van der Waals surface area contributed by atoms with Gasteiger partial charge in [-0.25, -0.2) is 0 Å². The summed E-state index contributed by atoms with van der Waals surface area (Å²) in [5.41, 5.74) is 0.851. The molecule has 0 aliphatic heterocycles. The first-order chi connectivity index (χ1) is 10.1. The molecule has 0 aliphatic carbocycles. The Kier molecular flexibility index (Phi) is 4.84. The summed E-state index contributed by atoms with van der Waals surface area (Å²) in [5, 5.41) is 11.1. The van der Waals surface area contributed by atoms with Crippen LogP contribution in [-0.4, -0.2) is 17.3 Å². The summed E-state index contributed by atoms with van der Waals surface area (Å²) in [6.45, 7) is 1.57. The summed E-state index contributed by atoms with van der Waals surface area (Å²) < 4.78 is 5.39. The normalized spacial score (nSPS) is 10.7. The van der Waals surface area contributed by atoms with Crippen molar-refractivity contribution in [2.75, 3.05) is 6.61 Å². The third kappa shape index (κ3) is 4.00. The van der Waals surface area contributed by atoms with E-state index in [1.54, 1.807) is 6.08 Å². The number of rotatable bonds is 6. The zero-order valence-corrected chi connectivity index (χ0v) is 12.1. The van der Waals surface area contributed by atoms with E-state index in [2.05, 4.69) is 0 Å². The standard InChI is InChI=1S/C15H13NO4S/c1-11(17)14-10-13(16(18)19)15(21-14)20-9-5-8-12-6-3-2-4-7-12/h2-8,10H,9H2,1H3/b8-5+. The van der Waals surface area contributed by atoms with Crippen molar-refractivity contribution in [3.63, 3.8) is 0 Å². The van der Waals surface area contributed by atoms with Gasteiger partial charge in [-0.15, -0.1) is 0 Å². The predicted molar refractivity (Wildman–Crippen MR) is 81.9 cm³/mol. The fraction of sp³-hybridized carbons (Fsp3) is 0.133. The molecule has 0 saturated heterocycles. The van der Waals surface area contributed by atoms with Crippen LogP contribution >= 0.6 is 11.3 Å². The van der Waals surface area contributed by atoms with Gasteiger partial charge >= 0.3 is 5.69 Å². The maximum atomic E-state index is 11.3. The lowest BCUT2D eigenvalue weighted by atomic mass is 10.2. The zero-order valence-electron chi connectivity index (χ0n) is 11.3. The SMILES string of the molecule is CC(=O)c1cc([N+](=O)[O-])c(OC/C=C/c2ccccc2)s1. The van der Waals surface area contributed by atoms with Crippen molar-refractivity contribution in [2.45, 2.75) is 6.92 Å². The first-order valence-electron chi connectivity index (χ1n) is 6.21. The first kappa shape index (κ1) is 14.9. The second kappa shape index (κ2) is 6.81. The molecular formula is C15H13NO4S. The summed E-state index contributed by atoms with van der Waals surface area (Å²) >= 11 is 0.995. The Labute approximate surface area is 125 Å². The molecule has 0 aliphatic rings. The van der Waals surface area contributed by atoms with Crippen LogP contribution in [0.4, 0.5) is 5.69 Å². The number of Topliss-reactive ketones (excluding diaryl/α,β-unsaturated/α-hetero) is 1. The summed E-state index contributed by atoms with van der Waals surface area (Å²) in [5.74, 6) is -0.210. The summed E-state index contributed by atoms with van der Waals surface area (Å²) in [6, 6.07) is 10.9. The molecule has 0 unspecified atom stereocenters. The number of carbonyl (C=O) groups excluding carboxylic acids is 1. The lowest BCUT2D eigenvalue weighted by Gasteiger charge is -1.98. The number of nitro groups is 1. The molecule has 0 fully saturated rings. The van der Waals surface area contributed by atoms with Crippen molar-refractivity contribution in [1.82, 2.24) is 0 Å². The van der Waals surface area contributed by atoms with Crippen LogP contribution in [0.5, 0.6) is 5.06 Å². The van der Waals surface area contributed by atoms with Gasteiger partial charge in [0.15, 0.2) is 5.78 Å². The summed E-state index contributed by atoms with van der Waals surface area (Å²) in [6.07, 6.45) is 3.64. The predicted octanol–water partition coefficient (Wildman–Crippen LogP) is 3.95. The Morgan fingerprint density at radius 3 is 2.71 bits per heavy atom. The number of benzene rings is 1. The molecule has 1 aromatic heterocycles. The van der Waals surface area contributed by atoms with E-state index < -0.39 is 4.92 Å². The van der Waals surface area contributed by atoms with Gasteiger partial charge < -0.3 is 4.74 Å². The molecule has 108 valence electrons. The smallest absolute Gasteiger partial charge is 0.323 e. The minimum Gasteiger partial charge on any atom is -0.475 e. The maximum absolute atomic E-state index is 11.3. The van der Waals surface area contributed by atoms with Crippen molar-refractivity contribution < 1.29 is 14.5 Å². The minimum atomic E-state index is -0.542. The quantitative estimate of drug-likeness (QED) is 0.460. The molecule has 0 saturated carbocycles. The Morgan fingerprint density at radius 1 is 1.38 bits per heavy atom. The molecule has 2 aromatic rings. The Balaban J connectivity index is 2.04. The van der Waals surface area contributed by atoms with Crippen molar-refractivity contribution in [1.29, 1.82) is 0 Å². The maximum Gasteiger partial charge on any atom is 0.323 e. The van der Waals surface area contributed by atoms with Crippen LogP contribution in [-0.2, 0) is 0 Å². The molecule has 1 aromatic carbocycles. The molecule has 21 heavy (non-hydrogen) atoms. The van der Waals surface area contributed by atoms with Gasteiger partial charge in [0.2, 0.25) is 0 Å². The number of ketones is 1. The third-order valence-corrected chi connectivity index (χ3v) is 3.78. The van der Waals surface area contributed by atoms with Gasteiger partial charge in [-0.2, -0.15) is 0 Å². The molecule has 2 rings (SSSR count). The molecule has 6 heteroatoms. The molecule has 0 N–H and O–H groups in total. The van der Waals surface area contributed by atoms with E-state index in [9.17, 15) is 14.9 Å². The monoisotopic (exact) mass is 303 g/mol. The number of hydrogen-bond donors (Lipinski definition) is 0. The van der Waals surface area contributed by atoms with E-state index in [0.717, 1.165) is 16.9 Å². The lowest BCUT2D eigenvalue weighted by Crippen LogP contribution is -1.94. The molecule has 0 bridgehead atoms. The first-order valence-corrected chi connectivity index (χ1v) is 7.03. The van der Waals surface area contributed by atoms with Gasteiger partial charge in [0.05, 0.1) is 9.80 Å². The van der Waals surface area contributed by atoms with E-state index in [-0.39, 0.29) is 23.1 Å². The average Bonchev–Trinajstić information content (AvgIpc) is 2.89. The summed E-state index contributed by atoms with van der Waals surface area (Å²) in [7, 11) is 0. The van der Waals surface area contributed by atoms with E-state index in [1.165, 1.54) is 13.0 Å². The molecule has 0 radical (unpaired) electrons. The minimum absolute atomic E-state index is 0.155. The van der Waals surface area contributed by atoms with Crippen LogP contribution in [0.3, 0.4) is 0 Å². The lowest BCUT2D eigenvalue weighted by molar-refractivity contribution is -0.385. The topological polar surface area (TPSA) is 69.4 Å². The fourth-order valence-electron chi connectivity index (χ4n) is 1.64. The van der Waals surface area contributed by atoms with E-state index in [0.29, 0.717) is 4.88 Å². The molecule has 0 amide bonds. The molecule has 5 nitrogen and oxygen atoms in total. The Morgan fingerprint density at radius 2 is 2.10 bits per heavy atom. The number of thiophene rings is 1. The fourth-order valence-corrected chi connectivity index (χ4v) is 2.52. The Bertz CT molecular complexity index is 676. The number of carbonyl (C=O) groups is 1. The van der Waals surface area contributed by atoms with E-state index >= 15 is 0 Å². The van der Waals surface area contributed by atoms with Gasteiger partial charge in [0.1, 0.15) is 6.61 Å². The number of ether oxygens (including phenoxy) is 1. The second-order valence-corrected chi connectivity index (χ2v) is 5.24. The van der Waals surface area contributed by atoms with E-state index in [4.69, 9.17) is 4.74 Å². The van der Waals surface area contributed by atoms with Crippen LogP contribution in [0, 0.1) is 10.1 Å². The molecular weight excluding hydrogens is 290 g/mol. The summed E-state index contributed by atoms with van der Waals surface area (Å²) in [4.78, 5) is 22.0. The Hall–Kier alpha value is -2.47. The highest BCUT2D eigenvalue weighted by molar-refractivity contribution is 7.16. The number of hydrogen-bond acceptors (Lipinski definition) is 5. The van der Waals surface area contributed by atoms with Crippen LogP contribution in [0.15, 0.2) is 42.5 Å².